The molecule has 0 spiro atoms. The van der Waals surface area contributed by atoms with E-state index in [1.807, 2.05) is 26.0 Å². The Morgan fingerprint density at radius 1 is 1.18 bits per heavy atom. The highest BCUT2D eigenvalue weighted by molar-refractivity contribution is 6.33. The third kappa shape index (κ3) is 1.56. The number of aryl methyl sites for hydroxylation is 2. The van der Waals surface area contributed by atoms with Crippen LogP contribution in [0.15, 0.2) is 12.1 Å². The summed E-state index contributed by atoms with van der Waals surface area (Å²) in [5, 5.41) is 0. The normalized spacial score (nSPS) is 9.73. The Hall–Kier alpha value is -0.915. The van der Waals surface area contributed by atoms with Crippen molar-refractivity contribution in [3.05, 3.63) is 23.3 Å². The van der Waals surface area contributed by atoms with Gasteiger partial charge >= 0.3 is 0 Å². The lowest BCUT2D eigenvalue weighted by Gasteiger charge is -2.07. The van der Waals surface area contributed by atoms with Gasteiger partial charge in [-0.2, -0.15) is 0 Å². The lowest BCUT2D eigenvalue weighted by Crippen LogP contribution is -2.08. The lowest BCUT2D eigenvalue weighted by atomic mass is 9.90. The molecule has 1 aromatic carbocycles. The molecule has 2 radical (unpaired) electrons. The number of hydrogen-bond acceptors (Lipinski definition) is 1. The molecule has 11 heavy (non-hydrogen) atoms. The highest BCUT2D eigenvalue weighted by Gasteiger charge is 1.99. The molecule has 0 saturated carbocycles. The second-order valence-corrected chi connectivity index (χ2v) is 2.68. The van der Waals surface area contributed by atoms with Crippen LogP contribution in [0, 0.1) is 13.8 Å². The van der Waals surface area contributed by atoms with Crippen LogP contribution in [0.1, 0.15) is 11.1 Å². The summed E-state index contributed by atoms with van der Waals surface area (Å²) in [5.41, 5.74) is 3.01. The molecule has 2 heteroatoms. The molecular formula is C9H11BO. The summed E-state index contributed by atoms with van der Waals surface area (Å²) in [6, 6.07) is 3.87. The van der Waals surface area contributed by atoms with Crippen molar-refractivity contribution in [1.82, 2.24) is 0 Å². The van der Waals surface area contributed by atoms with Gasteiger partial charge in [-0.1, -0.05) is 17.1 Å². The highest BCUT2D eigenvalue weighted by Crippen LogP contribution is 2.15. The number of rotatable bonds is 1. The Morgan fingerprint density at radius 2 is 1.82 bits per heavy atom. The molecule has 1 aromatic rings. The third-order valence-corrected chi connectivity index (χ3v) is 1.78. The van der Waals surface area contributed by atoms with Gasteiger partial charge in [0.2, 0.25) is 0 Å². The zero-order chi connectivity index (χ0) is 8.43. The van der Waals surface area contributed by atoms with Crippen molar-refractivity contribution in [1.29, 1.82) is 0 Å². The van der Waals surface area contributed by atoms with Gasteiger partial charge < -0.3 is 4.74 Å². The second kappa shape index (κ2) is 2.99. The van der Waals surface area contributed by atoms with E-state index in [1.54, 1.807) is 7.11 Å². The SMILES string of the molecule is [B]c1cc(OC)c(C)cc1C. The molecule has 0 N–H and O–H groups in total. The second-order valence-electron chi connectivity index (χ2n) is 2.68. The summed E-state index contributed by atoms with van der Waals surface area (Å²) in [4.78, 5) is 0. The van der Waals surface area contributed by atoms with Crippen LogP contribution < -0.4 is 10.2 Å². The topological polar surface area (TPSA) is 9.23 Å². The minimum Gasteiger partial charge on any atom is -0.497 e. The van der Waals surface area contributed by atoms with Gasteiger partial charge in [0.05, 0.1) is 7.11 Å². The van der Waals surface area contributed by atoms with Crippen LogP contribution in [0.2, 0.25) is 0 Å². The molecule has 0 unspecified atom stereocenters. The maximum Gasteiger partial charge on any atom is 0.121 e. The van der Waals surface area contributed by atoms with E-state index in [4.69, 9.17) is 12.6 Å². The average molecular weight is 146 g/mol. The number of ether oxygens (including phenoxy) is 1. The van der Waals surface area contributed by atoms with Crippen molar-refractivity contribution in [2.24, 2.45) is 0 Å². The molecule has 0 amide bonds. The first-order valence-corrected chi connectivity index (χ1v) is 3.56. The first-order chi connectivity index (χ1) is 5.15. The number of methoxy groups -OCH3 is 1. The zero-order valence-corrected chi connectivity index (χ0v) is 7.14. The molecule has 1 nitrogen and oxygen atoms in total. The van der Waals surface area contributed by atoms with Gasteiger partial charge in [0.25, 0.3) is 0 Å². The first-order valence-electron chi connectivity index (χ1n) is 3.56. The van der Waals surface area contributed by atoms with E-state index in [0.29, 0.717) is 0 Å². The van der Waals surface area contributed by atoms with Gasteiger partial charge in [0.15, 0.2) is 0 Å². The van der Waals surface area contributed by atoms with Gasteiger partial charge in [-0.3, -0.25) is 0 Å². The van der Waals surface area contributed by atoms with Crippen LogP contribution in [0.4, 0.5) is 0 Å². The molecule has 0 aliphatic rings. The minimum absolute atomic E-state index is 0.785. The third-order valence-electron chi connectivity index (χ3n) is 1.78. The van der Waals surface area contributed by atoms with Crippen LogP contribution in [0.5, 0.6) is 5.75 Å². The summed E-state index contributed by atoms with van der Waals surface area (Å²) in [6.45, 7) is 3.99. The standard InChI is InChI=1S/C9H11BO/c1-6-4-7(2)9(11-3)5-8(6)10/h4-5H,1-3H3. The van der Waals surface area contributed by atoms with Crippen molar-refractivity contribution in [2.45, 2.75) is 13.8 Å². The smallest absolute Gasteiger partial charge is 0.121 e. The lowest BCUT2D eigenvalue weighted by molar-refractivity contribution is 0.412. The summed E-state index contributed by atoms with van der Waals surface area (Å²) in [5.74, 6) is 0.855. The molecule has 0 bridgehead atoms. The van der Waals surface area contributed by atoms with E-state index >= 15 is 0 Å². The molecule has 1 rings (SSSR count). The van der Waals surface area contributed by atoms with Crippen molar-refractivity contribution in [3.63, 3.8) is 0 Å². The van der Waals surface area contributed by atoms with Crippen LogP contribution >= 0.6 is 0 Å². The van der Waals surface area contributed by atoms with E-state index in [2.05, 4.69) is 0 Å². The summed E-state index contributed by atoms with van der Waals surface area (Å²) < 4.78 is 5.10. The van der Waals surface area contributed by atoms with E-state index < -0.39 is 0 Å². The van der Waals surface area contributed by atoms with Crippen LogP contribution in [0.3, 0.4) is 0 Å². The Balaban J connectivity index is 3.21. The maximum atomic E-state index is 5.69. The fourth-order valence-corrected chi connectivity index (χ4v) is 1.07. The van der Waals surface area contributed by atoms with Crippen LogP contribution in [-0.4, -0.2) is 15.0 Å². The van der Waals surface area contributed by atoms with Crippen molar-refractivity contribution in [3.8, 4) is 5.75 Å². The Kier molecular flexibility index (Phi) is 2.23. The zero-order valence-electron chi connectivity index (χ0n) is 7.14. The summed E-state index contributed by atoms with van der Waals surface area (Å²) >= 11 is 0. The van der Waals surface area contributed by atoms with E-state index in [-0.39, 0.29) is 0 Å². The molecule has 0 aromatic heterocycles. The van der Waals surface area contributed by atoms with Gasteiger partial charge in [0, 0.05) is 0 Å². The molecule has 0 fully saturated rings. The maximum absolute atomic E-state index is 5.69. The van der Waals surface area contributed by atoms with Gasteiger partial charge in [-0.15, -0.1) is 0 Å². The highest BCUT2D eigenvalue weighted by atomic mass is 16.5. The quantitative estimate of drug-likeness (QED) is 0.539. The van der Waals surface area contributed by atoms with E-state index in [0.717, 1.165) is 22.3 Å². The van der Waals surface area contributed by atoms with Crippen molar-refractivity contribution < 1.29 is 4.74 Å². The van der Waals surface area contributed by atoms with E-state index in [9.17, 15) is 0 Å². The predicted octanol–water partition coefficient (Wildman–Crippen LogP) is 1.11. The van der Waals surface area contributed by atoms with E-state index in [1.165, 1.54) is 0 Å². The Bertz CT molecular complexity index is 269. The van der Waals surface area contributed by atoms with Crippen LogP contribution in [-0.2, 0) is 0 Å². The van der Waals surface area contributed by atoms with Crippen molar-refractivity contribution in [2.75, 3.05) is 7.11 Å². The Labute approximate surface area is 68.8 Å². The monoisotopic (exact) mass is 146 g/mol. The summed E-state index contributed by atoms with van der Waals surface area (Å²) in [7, 11) is 7.34. The molecule has 0 aliphatic carbocycles. The largest absolute Gasteiger partial charge is 0.497 e. The molecule has 0 heterocycles. The van der Waals surface area contributed by atoms with Gasteiger partial charge in [-0.25, -0.2) is 0 Å². The Morgan fingerprint density at radius 3 is 2.36 bits per heavy atom. The van der Waals surface area contributed by atoms with Crippen molar-refractivity contribution >= 4 is 13.3 Å². The average Bonchev–Trinajstić information content (AvgIpc) is 1.97. The van der Waals surface area contributed by atoms with Crippen LogP contribution in [0.25, 0.3) is 0 Å². The molecule has 0 atom stereocenters. The first kappa shape index (κ1) is 8.18. The molecule has 0 saturated heterocycles. The fourth-order valence-electron chi connectivity index (χ4n) is 1.07. The fraction of sp³-hybridized carbons (Fsp3) is 0.333. The van der Waals surface area contributed by atoms with Gasteiger partial charge in [0.1, 0.15) is 13.6 Å². The molecule has 0 aliphatic heterocycles. The number of benzene rings is 1. The molecular weight excluding hydrogens is 135 g/mol. The van der Waals surface area contributed by atoms with Gasteiger partial charge in [-0.05, 0) is 25.5 Å². The summed E-state index contributed by atoms with van der Waals surface area (Å²) in [6.07, 6.45) is 0. The molecule has 56 valence electrons. The minimum atomic E-state index is 0.785. The predicted molar refractivity (Wildman–Crippen MR) is 47.9 cm³/mol. The number of hydrogen-bond donors (Lipinski definition) is 0.